The Kier molecular flexibility index (Phi) is 8.90. The van der Waals surface area contributed by atoms with Crippen molar-refractivity contribution in [3.63, 3.8) is 0 Å². The zero-order valence-corrected chi connectivity index (χ0v) is 21.5. The third-order valence-corrected chi connectivity index (χ3v) is 6.78. The quantitative estimate of drug-likeness (QED) is 0.308. The predicted molar refractivity (Wildman–Crippen MR) is 135 cm³/mol. The number of benzene rings is 2. The van der Waals surface area contributed by atoms with Gasteiger partial charge in [-0.1, -0.05) is 18.2 Å². The summed E-state index contributed by atoms with van der Waals surface area (Å²) in [5.74, 6) is 0.223. The molecule has 202 valence electrons. The number of rotatable bonds is 11. The van der Waals surface area contributed by atoms with E-state index >= 15 is 0 Å². The van der Waals surface area contributed by atoms with Gasteiger partial charge in [-0.2, -0.15) is 13.2 Å². The van der Waals surface area contributed by atoms with E-state index in [1.807, 2.05) is 23.6 Å². The van der Waals surface area contributed by atoms with E-state index in [1.54, 1.807) is 17.0 Å². The molecule has 7 nitrogen and oxygen atoms in total. The zero-order valence-electron chi connectivity index (χ0n) is 20.7. The van der Waals surface area contributed by atoms with Crippen molar-refractivity contribution in [1.82, 2.24) is 9.80 Å². The molecule has 38 heavy (non-hydrogen) atoms. The van der Waals surface area contributed by atoms with Gasteiger partial charge in [0, 0.05) is 37.2 Å². The van der Waals surface area contributed by atoms with Crippen molar-refractivity contribution in [3.05, 3.63) is 81.5 Å². The van der Waals surface area contributed by atoms with E-state index in [9.17, 15) is 22.8 Å². The van der Waals surface area contributed by atoms with Crippen LogP contribution in [0.2, 0.25) is 0 Å². The first-order valence-corrected chi connectivity index (χ1v) is 12.8. The number of thiophene rings is 1. The number of hydrogen-bond donors (Lipinski definition) is 0. The molecular formula is C27H27F3N2O5S. The Bertz CT molecular complexity index is 1250. The molecule has 4 rings (SSSR count). The molecule has 0 aliphatic carbocycles. The highest BCUT2D eigenvalue weighted by Crippen LogP contribution is 2.33. The third kappa shape index (κ3) is 7.05. The number of carbonyl (C=O) groups excluding carboxylic acids is 2. The number of nitrogens with zero attached hydrogens (tertiary/aromatic N) is 2. The summed E-state index contributed by atoms with van der Waals surface area (Å²) in [6.07, 6.45) is -4.17. The van der Waals surface area contributed by atoms with Crippen molar-refractivity contribution in [2.75, 3.05) is 33.6 Å². The van der Waals surface area contributed by atoms with Crippen molar-refractivity contribution >= 4 is 23.2 Å². The first kappa shape index (κ1) is 27.5. The van der Waals surface area contributed by atoms with Gasteiger partial charge >= 0.3 is 6.18 Å². The average molecular weight is 549 g/mol. The Morgan fingerprint density at radius 2 is 1.82 bits per heavy atom. The number of ether oxygens (including phenoxy) is 3. The minimum atomic E-state index is -4.59. The topological polar surface area (TPSA) is 68.3 Å². The molecule has 3 aromatic rings. The van der Waals surface area contributed by atoms with Crippen LogP contribution in [0.3, 0.4) is 0 Å². The second-order valence-corrected chi connectivity index (χ2v) is 9.70. The largest absolute Gasteiger partial charge is 0.454 e. The van der Waals surface area contributed by atoms with Crippen LogP contribution in [0.5, 0.6) is 11.5 Å². The van der Waals surface area contributed by atoms with Gasteiger partial charge in [0.05, 0.1) is 12.1 Å². The van der Waals surface area contributed by atoms with E-state index in [0.29, 0.717) is 31.1 Å². The van der Waals surface area contributed by atoms with Crippen molar-refractivity contribution in [1.29, 1.82) is 0 Å². The summed E-state index contributed by atoms with van der Waals surface area (Å²) in [5.41, 5.74) is -0.242. The number of alkyl halides is 3. The van der Waals surface area contributed by atoms with Crippen LogP contribution >= 0.6 is 11.3 Å². The van der Waals surface area contributed by atoms with Gasteiger partial charge in [-0.3, -0.25) is 9.59 Å². The Balaban J connectivity index is 1.55. The van der Waals surface area contributed by atoms with Crippen molar-refractivity contribution in [3.8, 4) is 11.5 Å². The Morgan fingerprint density at radius 1 is 1.00 bits per heavy atom. The number of methoxy groups -OCH3 is 1. The van der Waals surface area contributed by atoms with Crippen molar-refractivity contribution < 1.29 is 37.0 Å². The van der Waals surface area contributed by atoms with Crippen LogP contribution in [0.25, 0.3) is 0 Å². The second kappa shape index (κ2) is 12.3. The van der Waals surface area contributed by atoms with Gasteiger partial charge in [-0.15, -0.1) is 11.3 Å². The standard InChI is InChI=1S/C27H27F3N2O5S/c1-35-11-4-10-31(26(34)20-5-2-6-21(14-20)27(28,29)30)17-25(33)32(16-22-7-3-12-38-22)15-19-8-9-23-24(13-19)37-18-36-23/h2-3,5-9,12-14H,4,10-11,15-18H2,1H3. The fraction of sp³-hybridized carbons (Fsp3) is 0.333. The molecule has 1 aliphatic heterocycles. The number of carbonyl (C=O) groups is 2. The molecule has 2 aromatic carbocycles. The Labute approximate surface area is 222 Å². The molecule has 0 saturated carbocycles. The highest BCUT2D eigenvalue weighted by Gasteiger charge is 2.32. The fourth-order valence-corrected chi connectivity index (χ4v) is 4.73. The summed E-state index contributed by atoms with van der Waals surface area (Å²) in [4.78, 5) is 30.7. The molecule has 1 aromatic heterocycles. The van der Waals surface area contributed by atoms with Crippen LogP contribution in [0.1, 0.15) is 32.8 Å². The molecule has 0 fully saturated rings. The van der Waals surface area contributed by atoms with Gasteiger partial charge in [0.1, 0.15) is 6.54 Å². The van der Waals surface area contributed by atoms with E-state index in [2.05, 4.69) is 0 Å². The number of amides is 2. The molecule has 2 heterocycles. The van der Waals surface area contributed by atoms with Crippen LogP contribution in [0.4, 0.5) is 13.2 Å². The normalized spacial score (nSPS) is 12.4. The van der Waals surface area contributed by atoms with Crippen molar-refractivity contribution in [2.24, 2.45) is 0 Å². The van der Waals surface area contributed by atoms with E-state index in [1.165, 1.54) is 35.5 Å². The molecule has 0 saturated heterocycles. The molecule has 0 spiro atoms. The van der Waals surface area contributed by atoms with Crippen molar-refractivity contribution in [2.45, 2.75) is 25.7 Å². The molecule has 1 aliphatic rings. The minimum absolute atomic E-state index is 0.130. The molecule has 0 bridgehead atoms. The lowest BCUT2D eigenvalue weighted by Gasteiger charge is -2.28. The lowest BCUT2D eigenvalue weighted by molar-refractivity contribution is -0.137. The molecule has 0 atom stereocenters. The molecule has 0 N–H and O–H groups in total. The van der Waals surface area contributed by atoms with Gasteiger partial charge < -0.3 is 24.0 Å². The van der Waals surface area contributed by atoms with Crippen LogP contribution in [0, 0.1) is 0 Å². The van der Waals surface area contributed by atoms with Crippen LogP contribution in [-0.4, -0.2) is 55.2 Å². The summed E-state index contributed by atoms with van der Waals surface area (Å²) in [6.45, 7) is 0.868. The minimum Gasteiger partial charge on any atom is -0.454 e. The van der Waals surface area contributed by atoms with Gasteiger partial charge in [0.2, 0.25) is 12.7 Å². The molecule has 11 heteroatoms. The summed E-state index contributed by atoms with van der Waals surface area (Å²) in [5, 5.41) is 1.91. The first-order chi connectivity index (χ1) is 18.2. The van der Waals surface area contributed by atoms with Crippen LogP contribution in [-0.2, 0) is 28.8 Å². The van der Waals surface area contributed by atoms with Crippen LogP contribution < -0.4 is 9.47 Å². The average Bonchev–Trinajstić information content (AvgIpc) is 3.59. The highest BCUT2D eigenvalue weighted by atomic mass is 32.1. The lowest BCUT2D eigenvalue weighted by Crippen LogP contribution is -2.43. The Hall–Kier alpha value is -3.57. The van der Waals surface area contributed by atoms with Gasteiger partial charge in [-0.25, -0.2) is 0 Å². The maximum atomic E-state index is 13.6. The van der Waals surface area contributed by atoms with E-state index in [4.69, 9.17) is 14.2 Å². The monoisotopic (exact) mass is 548 g/mol. The Morgan fingerprint density at radius 3 is 2.55 bits per heavy atom. The zero-order chi connectivity index (χ0) is 27.1. The smallest absolute Gasteiger partial charge is 0.416 e. The lowest BCUT2D eigenvalue weighted by atomic mass is 10.1. The van der Waals surface area contributed by atoms with E-state index in [-0.39, 0.29) is 37.9 Å². The van der Waals surface area contributed by atoms with Gasteiger partial charge in [-0.05, 0) is 53.8 Å². The van der Waals surface area contributed by atoms with E-state index in [0.717, 1.165) is 22.6 Å². The third-order valence-electron chi connectivity index (χ3n) is 5.92. The van der Waals surface area contributed by atoms with Gasteiger partial charge in [0.25, 0.3) is 5.91 Å². The molecule has 0 unspecified atom stereocenters. The second-order valence-electron chi connectivity index (χ2n) is 8.67. The highest BCUT2D eigenvalue weighted by molar-refractivity contribution is 7.09. The van der Waals surface area contributed by atoms with Gasteiger partial charge in [0.15, 0.2) is 11.5 Å². The number of fused-ring (bicyclic) bond motifs is 1. The number of halogens is 3. The first-order valence-electron chi connectivity index (χ1n) is 11.9. The summed E-state index contributed by atoms with van der Waals surface area (Å²) in [7, 11) is 1.51. The summed E-state index contributed by atoms with van der Waals surface area (Å²) in [6, 6.07) is 13.5. The molecular weight excluding hydrogens is 521 g/mol. The number of hydrogen-bond acceptors (Lipinski definition) is 6. The molecule has 2 amide bonds. The van der Waals surface area contributed by atoms with Crippen LogP contribution in [0.15, 0.2) is 60.0 Å². The maximum Gasteiger partial charge on any atom is 0.416 e. The predicted octanol–water partition coefficient (Wildman–Crippen LogP) is 5.20. The maximum absolute atomic E-state index is 13.6. The summed E-state index contributed by atoms with van der Waals surface area (Å²) < 4.78 is 55.6. The molecule has 0 radical (unpaired) electrons. The SMILES string of the molecule is COCCCN(CC(=O)N(Cc1ccc2c(c1)OCO2)Cc1cccs1)C(=O)c1cccc(C(F)(F)F)c1. The summed E-state index contributed by atoms with van der Waals surface area (Å²) >= 11 is 1.50. The fourth-order valence-electron chi connectivity index (χ4n) is 4.01. The van der Waals surface area contributed by atoms with E-state index < -0.39 is 17.6 Å².